The van der Waals surface area contributed by atoms with E-state index in [2.05, 4.69) is 15.4 Å². The van der Waals surface area contributed by atoms with Crippen LogP contribution in [0.3, 0.4) is 0 Å². The molecule has 0 aromatic heterocycles. The second-order valence-electron chi connectivity index (χ2n) is 3.85. The van der Waals surface area contributed by atoms with Crippen LogP contribution in [0.5, 0.6) is 0 Å². The summed E-state index contributed by atoms with van der Waals surface area (Å²) in [4.78, 5) is 10.9. The third-order valence-corrected chi connectivity index (χ3v) is 4.12. The molecule has 0 aromatic carbocycles. The van der Waals surface area contributed by atoms with E-state index < -0.39 is 28.1 Å². The Bertz CT molecular complexity index is 356. The van der Waals surface area contributed by atoms with E-state index in [1.807, 2.05) is 0 Å². The molecular formula is C9H18N2O5S. The van der Waals surface area contributed by atoms with Crippen LogP contribution in [0.2, 0.25) is 0 Å². The lowest BCUT2D eigenvalue weighted by atomic mass is 10.2. The van der Waals surface area contributed by atoms with E-state index in [1.165, 1.54) is 0 Å². The van der Waals surface area contributed by atoms with Crippen LogP contribution in [0.15, 0.2) is 0 Å². The van der Waals surface area contributed by atoms with E-state index in [0.717, 1.165) is 0 Å². The average molecular weight is 266 g/mol. The van der Waals surface area contributed by atoms with E-state index in [9.17, 15) is 18.3 Å². The van der Waals surface area contributed by atoms with E-state index in [1.54, 1.807) is 6.92 Å². The van der Waals surface area contributed by atoms with Crippen molar-refractivity contribution in [3.63, 3.8) is 0 Å². The summed E-state index contributed by atoms with van der Waals surface area (Å²) in [7, 11) is -3.13. The molecule has 8 heteroatoms. The van der Waals surface area contributed by atoms with Gasteiger partial charge in [0.1, 0.15) is 0 Å². The van der Waals surface area contributed by atoms with Crippen LogP contribution >= 0.6 is 0 Å². The van der Waals surface area contributed by atoms with E-state index >= 15 is 0 Å². The summed E-state index contributed by atoms with van der Waals surface area (Å²) in [6.45, 7) is 2.72. The van der Waals surface area contributed by atoms with Crippen molar-refractivity contribution < 1.29 is 23.1 Å². The number of sulfone groups is 1. The highest BCUT2D eigenvalue weighted by atomic mass is 32.2. The Balaban J connectivity index is 2.17. The fourth-order valence-corrected chi connectivity index (χ4v) is 3.40. The summed E-state index contributed by atoms with van der Waals surface area (Å²) in [6.07, 6.45) is -1.38. The van der Waals surface area contributed by atoms with Gasteiger partial charge < -0.3 is 20.5 Å². The van der Waals surface area contributed by atoms with Crippen molar-refractivity contribution >= 4 is 15.9 Å². The molecule has 0 radical (unpaired) electrons. The molecule has 1 aliphatic heterocycles. The van der Waals surface area contributed by atoms with Crippen molar-refractivity contribution in [2.75, 3.05) is 31.2 Å². The summed E-state index contributed by atoms with van der Waals surface area (Å²) in [6, 6.07) is -0.455. The minimum atomic E-state index is -3.13. The van der Waals surface area contributed by atoms with Gasteiger partial charge in [0, 0.05) is 19.1 Å². The van der Waals surface area contributed by atoms with Gasteiger partial charge in [0.05, 0.1) is 24.2 Å². The number of carbonyl (C=O) groups excluding carboxylic acids is 1. The lowest BCUT2D eigenvalue weighted by Crippen LogP contribution is -2.42. The minimum absolute atomic E-state index is 0.0619. The van der Waals surface area contributed by atoms with Gasteiger partial charge in [-0.1, -0.05) is 0 Å². The molecule has 0 aliphatic carbocycles. The summed E-state index contributed by atoms with van der Waals surface area (Å²) in [5, 5.41) is 14.8. The number of nitrogens with one attached hydrogen (secondary N) is 2. The zero-order chi connectivity index (χ0) is 12.9. The Morgan fingerprint density at radius 1 is 1.41 bits per heavy atom. The molecule has 1 amide bonds. The first-order chi connectivity index (χ1) is 7.94. The Hall–Kier alpha value is -0.860. The van der Waals surface area contributed by atoms with Crippen molar-refractivity contribution in [1.29, 1.82) is 0 Å². The maximum absolute atomic E-state index is 11.2. The Kier molecular flexibility index (Phi) is 5.16. The summed E-state index contributed by atoms with van der Waals surface area (Å²) in [5.41, 5.74) is 0. The number of alkyl carbamates (subject to hydrolysis) is 1. The van der Waals surface area contributed by atoms with Crippen LogP contribution < -0.4 is 10.6 Å². The molecule has 1 fully saturated rings. The van der Waals surface area contributed by atoms with Crippen molar-refractivity contribution in [3.05, 3.63) is 0 Å². The Morgan fingerprint density at radius 2 is 2.12 bits per heavy atom. The smallest absolute Gasteiger partial charge is 0.407 e. The second kappa shape index (κ2) is 6.18. The molecular weight excluding hydrogens is 248 g/mol. The molecule has 0 aromatic rings. The van der Waals surface area contributed by atoms with Gasteiger partial charge in [0.2, 0.25) is 0 Å². The molecule has 3 N–H and O–H groups in total. The molecule has 7 nitrogen and oxygen atoms in total. The normalized spacial score (nSPS) is 26.7. The lowest BCUT2D eigenvalue weighted by molar-refractivity contribution is 0.150. The molecule has 100 valence electrons. The number of carbonyl (C=O) groups is 1. The molecule has 2 atom stereocenters. The first kappa shape index (κ1) is 14.2. The second-order valence-corrected chi connectivity index (χ2v) is 6.01. The van der Waals surface area contributed by atoms with Gasteiger partial charge in [-0.25, -0.2) is 13.2 Å². The fraction of sp³-hybridized carbons (Fsp3) is 0.889. The molecule has 1 heterocycles. The molecule has 0 bridgehead atoms. The van der Waals surface area contributed by atoms with Crippen molar-refractivity contribution in [3.8, 4) is 0 Å². The van der Waals surface area contributed by atoms with Crippen molar-refractivity contribution in [2.24, 2.45) is 0 Å². The summed E-state index contributed by atoms with van der Waals surface area (Å²) in [5.74, 6) is -0.260. The van der Waals surface area contributed by atoms with Crippen LogP contribution in [-0.2, 0) is 14.6 Å². The largest absolute Gasteiger partial charge is 0.450 e. The molecule has 0 saturated carbocycles. The fourth-order valence-electron chi connectivity index (χ4n) is 1.63. The van der Waals surface area contributed by atoms with Crippen LogP contribution in [0.25, 0.3) is 0 Å². The highest BCUT2D eigenvalue weighted by molar-refractivity contribution is 7.91. The quantitative estimate of drug-likeness (QED) is 0.522. The van der Waals surface area contributed by atoms with Crippen LogP contribution in [-0.4, -0.2) is 63.0 Å². The summed E-state index contributed by atoms with van der Waals surface area (Å²) < 4.78 is 27.0. The zero-order valence-electron chi connectivity index (χ0n) is 9.68. The predicted molar refractivity (Wildman–Crippen MR) is 61.5 cm³/mol. The van der Waals surface area contributed by atoms with Gasteiger partial charge in [0.15, 0.2) is 9.84 Å². The third kappa shape index (κ3) is 4.88. The van der Waals surface area contributed by atoms with Gasteiger partial charge in [0.25, 0.3) is 0 Å². The van der Waals surface area contributed by atoms with Crippen LogP contribution in [0.4, 0.5) is 4.79 Å². The van der Waals surface area contributed by atoms with Crippen LogP contribution in [0.1, 0.15) is 6.92 Å². The maximum atomic E-state index is 11.2. The highest BCUT2D eigenvalue weighted by Crippen LogP contribution is 2.11. The van der Waals surface area contributed by atoms with E-state index in [-0.39, 0.29) is 11.5 Å². The molecule has 1 rings (SSSR count). The maximum Gasteiger partial charge on any atom is 0.407 e. The average Bonchev–Trinajstić information content (AvgIpc) is 2.47. The number of amides is 1. The first-order valence-electron chi connectivity index (χ1n) is 5.47. The van der Waals surface area contributed by atoms with Gasteiger partial charge in [-0.2, -0.15) is 0 Å². The molecule has 1 aliphatic rings. The van der Waals surface area contributed by atoms with Crippen molar-refractivity contribution in [1.82, 2.24) is 10.6 Å². The number of rotatable bonds is 5. The topological polar surface area (TPSA) is 105 Å². The molecule has 1 saturated heterocycles. The third-order valence-electron chi connectivity index (χ3n) is 2.40. The number of ether oxygens (including phenoxy) is 1. The monoisotopic (exact) mass is 266 g/mol. The number of aliphatic hydroxyl groups excluding tert-OH is 1. The SMILES string of the molecule is CCOC(=O)NCCN[C@H]1CS(=O)(=O)C[C@H]1O. The zero-order valence-corrected chi connectivity index (χ0v) is 10.5. The Labute approximate surface area is 100 Å². The van der Waals surface area contributed by atoms with Gasteiger partial charge in [-0.05, 0) is 6.92 Å². The number of hydrogen-bond acceptors (Lipinski definition) is 6. The minimum Gasteiger partial charge on any atom is -0.450 e. The van der Waals surface area contributed by atoms with E-state index in [0.29, 0.717) is 19.7 Å². The molecule has 17 heavy (non-hydrogen) atoms. The number of hydrogen-bond donors (Lipinski definition) is 3. The summed E-state index contributed by atoms with van der Waals surface area (Å²) >= 11 is 0. The molecule has 0 unspecified atom stereocenters. The highest BCUT2D eigenvalue weighted by Gasteiger charge is 2.35. The van der Waals surface area contributed by atoms with Crippen molar-refractivity contribution in [2.45, 2.75) is 19.1 Å². The predicted octanol–water partition coefficient (Wildman–Crippen LogP) is -1.52. The number of aliphatic hydroxyl groups is 1. The van der Waals surface area contributed by atoms with Crippen LogP contribution in [0, 0.1) is 0 Å². The Morgan fingerprint density at radius 3 is 2.65 bits per heavy atom. The van der Waals surface area contributed by atoms with Gasteiger partial charge >= 0.3 is 6.09 Å². The van der Waals surface area contributed by atoms with E-state index in [4.69, 9.17) is 0 Å². The van der Waals surface area contributed by atoms with Gasteiger partial charge in [-0.3, -0.25) is 0 Å². The first-order valence-corrected chi connectivity index (χ1v) is 7.29. The molecule has 0 spiro atoms. The van der Waals surface area contributed by atoms with Gasteiger partial charge in [-0.15, -0.1) is 0 Å². The standard InChI is InChI=1S/C9H18N2O5S/c1-2-16-9(13)11-4-3-10-7-5-17(14,15)6-8(7)12/h7-8,10,12H,2-6H2,1H3,(H,11,13)/t7-,8+/m0/s1. The lowest BCUT2D eigenvalue weighted by Gasteiger charge is -2.14.